The van der Waals surface area contributed by atoms with Crippen molar-refractivity contribution >= 4 is 10.9 Å². The maximum atomic E-state index is 5.05. The van der Waals surface area contributed by atoms with Crippen LogP contribution in [0.4, 0.5) is 0 Å². The van der Waals surface area contributed by atoms with Crippen molar-refractivity contribution in [2.24, 2.45) is 0 Å². The number of para-hydroxylation sites is 1. The van der Waals surface area contributed by atoms with Crippen molar-refractivity contribution in [3.05, 3.63) is 60.2 Å². The largest absolute Gasteiger partial charge is 0.472 e. The van der Waals surface area contributed by atoms with Gasteiger partial charge in [0.25, 0.3) is 0 Å². The molecule has 0 radical (unpaired) electrons. The normalized spacial score (nSPS) is 11.2. The quantitative estimate of drug-likeness (QED) is 0.708. The molecule has 1 aromatic carbocycles. The first-order chi connectivity index (χ1) is 9.34. The molecule has 98 valence electrons. The number of hydrogen-bond acceptors (Lipinski definition) is 2. The van der Waals surface area contributed by atoms with Crippen LogP contribution in [0.2, 0.25) is 0 Å². The summed E-state index contributed by atoms with van der Waals surface area (Å²) >= 11 is 0. The smallest absolute Gasteiger partial charge is 0.0947 e. The molecule has 3 heteroatoms. The maximum absolute atomic E-state index is 5.05. The Kier molecular flexibility index (Phi) is 3.38. The van der Waals surface area contributed by atoms with Crippen LogP contribution in [-0.2, 0) is 13.1 Å². The fraction of sp³-hybridized carbons (Fsp3) is 0.250. The molecule has 0 aliphatic heterocycles. The first-order valence-corrected chi connectivity index (χ1v) is 6.61. The van der Waals surface area contributed by atoms with Gasteiger partial charge in [-0.25, -0.2) is 0 Å². The number of nitrogens with zero attached hydrogens (tertiary/aromatic N) is 1. The molecule has 3 nitrogen and oxygen atoms in total. The molecule has 3 rings (SSSR count). The van der Waals surface area contributed by atoms with Crippen molar-refractivity contribution < 1.29 is 4.42 Å². The van der Waals surface area contributed by atoms with E-state index < -0.39 is 0 Å². The molecule has 19 heavy (non-hydrogen) atoms. The zero-order valence-electron chi connectivity index (χ0n) is 11.1. The van der Waals surface area contributed by atoms with E-state index in [0.717, 1.165) is 19.6 Å². The molecule has 0 bridgehead atoms. The molecule has 0 fully saturated rings. The fourth-order valence-electron chi connectivity index (χ4n) is 2.44. The Bertz CT molecular complexity index is 653. The van der Waals surface area contributed by atoms with Crippen LogP contribution in [0.5, 0.6) is 0 Å². The lowest BCUT2D eigenvalue weighted by Crippen LogP contribution is -2.18. The lowest BCUT2D eigenvalue weighted by molar-refractivity contribution is 0.557. The van der Waals surface area contributed by atoms with E-state index in [9.17, 15) is 0 Å². The summed E-state index contributed by atoms with van der Waals surface area (Å²) < 4.78 is 7.36. The van der Waals surface area contributed by atoms with Gasteiger partial charge in [0.05, 0.1) is 12.5 Å². The molecule has 0 unspecified atom stereocenters. The zero-order valence-corrected chi connectivity index (χ0v) is 11.1. The highest BCUT2D eigenvalue weighted by Gasteiger charge is 2.03. The molecule has 3 aromatic rings. The second kappa shape index (κ2) is 5.33. The number of aryl methyl sites for hydroxylation is 1. The minimum Gasteiger partial charge on any atom is -0.472 e. The molecule has 0 saturated heterocycles. The van der Waals surface area contributed by atoms with Crippen LogP contribution in [-0.4, -0.2) is 11.1 Å². The van der Waals surface area contributed by atoms with Crippen LogP contribution in [0.15, 0.2) is 53.5 Å². The molecule has 1 N–H and O–H groups in total. The Morgan fingerprint density at radius 1 is 1.21 bits per heavy atom. The third kappa shape index (κ3) is 2.56. The Hall–Kier alpha value is -2.00. The third-order valence-electron chi connectivity index (χ3n) is 3.43. The van der Waals surface area contributed by atoms with Crippen LogP contribution in [0.1, 0.15) is 11.1 Å². The van der Waals surface area contributed by atoms with Gasteiger partial charge < -0.3 is 14.3 Å². The van der Waals surface area contributed by atoms with E-state index in [1.165, 1.54) is 22.0 Å². The average Bonchev–Trinajstić information content (AvgIpc) is 3.04. The molecular formula is C16H18N2O. The second-order valence-electron chi connectivity index (χ2n) is 4.83. The van der Waals surface area contributed by atoms with Gasteiger partial charge in [-0.2, -0.15) is 0 Å². The number of aromatic nitrogens is 1. The van der Waals surface area contributed by atoms with Crippen molar-refractivity contribution in [2.75, 3.05) is 6.54 Å². The van der Waals surface area contributed by atoms with Crippen LogP contribution < -0.4 is 5.32 Å². The summed E-state index contributed by atoms with van der Waals surface area (Å²) in [5.41, 5.74) is 3.84. The third-order valence-corrected chi connectivity index (χ3v) is 3.43. The Morgan fingerprint density at radius 2 is 2.11 bits per heavy atom. The molecular weight excluding hydrogens is 236 g/mol. The number of rotatable bonds is 5. The van der Waals surface area contributed by atoms with E-state index in [0.29, 0.717) is 0 Å². The summed E-state index contributed by atoms with van der Waals surface area (Å²) in [4.78, 5) is 0. The maximum Gasteiger partial charge on any atom is 0.0947 e. The SMILES string of the molecule is Cc1cn(CCNCc2ccoc2)c2ccccc12. The van der Waals surface area contributed by atoms with E-state index >= 15 is 0 Å². The second-order valence-corrected chi connectivity index (χ2v) is 4.83. The predicted octanol–water partition coefficient (Wildman–Crippen LogP) is 3.33. The average molecular weight is 254 g/mol. The van der Waals surface area contributed by atoms with Crippen molar-refractivity contribution in [2.45, 2.75) is 20.0 Å². The number of fused-ring (bicyclic) bond motifs is 1. The van der Waals surface area contributed by atoms with Crippen molar-refractivity contribution in [1.29, 1.82) is 0 Å². The van der Waals surface area contributed by atoms with E-state index in [4.69, 9.17) is 4.42 Å². The lowest BCUT2D eigenvalue weighted by atomic mass is 10.2. The van der Waals surface area contributed by atoms with Gasteiger partial charge in [-0.3, -0.25) is 0 Å². The minimum atomic E-state index is 0.856. The molecule has 0 amide bonds. The highest BCUT2D eigenvalue weighted by atomic mass is 16.3. The van der Waals surface area contributed by atoms with Crippen LogP contribution in [0.25, 0.3) is 10.9 Å². The summed E-state index contributed by atoms with van der Waals surface area (Å²) in [5, 5.41) is 4.77. The van der Waals surface area contributed by atoms with Gasteiger partial charge in [0.2, 0.25) is 0 Å². The first kappa shape index (κ1) is 12.1. The predicted molar refractivity (Wildman–Crippen MR) is 77.1 cm³/mol. The number of hydrogen-bond donors (Lipinski definition) is 1. The summed E-state index contributed by atoms with van der Waals surface area (Å²) in [5.74, 6) is 0. The van der Waals surface area contributed by atoms with Crippen LogP contribution in [0.3, 0.4) is 0 Å². The minimum absolute atomic E-state index is 0.856. The fourth-order valence-corrected chi connectivity index (χ4v) is 2.44. The van der Waals surface area contributed by atoms with Crippen molar-refractivity contribution in [3.8, 4) is 0 Å². The summed E-state index contributed by atoms with van der Waals surface area (Å²) in [6.45, 7) is 4.95. The Morgan fingerprint density at radius 3 is 2.95 bits per heavy atom. The van der Waals surface area contributed by atoms with E-state index in [-0.39, 0.29) is 0 Å². The van der Waals surface area contributed by atoms with E-state index in [1.54, 1.807) is 12.5 Å². The van der Waals surface area contributed by atoms with Gasteiger partial charge in [0.1, 0.15) is 0 Å². The van der Waals surface area contributed by atoms with Gasteiger partial charge in [0.15, 0.2) is 0 Å². The molecule has 0 spiro atoms. The highest BCUT2D eigenvalue weighted by molar-refractivity contribution is 5.83. The van der Waals surface area contributed by atoms with Crippen LogP contribution in [0, 0.1) is 6.92 Å². The number of benzene rings is 1. The van der Waals surface area contributed by atoms with Gasteiger partial charge >= 0.3 is 0 Å². The number of furan rings is 1. The topological polar surface area (TPSA) is 30.1 Å². The standard InChI is InChI=1S/C16H18N2O/c1-13-11-18(16-5-3-2-4-15(13)16)8-7-17-10-14-6-9-19-12-14/h2-6,9,11-12,17H,7-8,10H2,1H3. The molecule has 2 aromatic heterocycles. The lowest BCUT2D eigenvalue weighted by Gasteiger charge is -2.06. The van der Waals surface area contributed by atoms with Gasteiger partial charge in [-0.15, -0.1) is 0 Å². The zero-order chi connectivity index (χ0) is 13.1. The molecule has 2 heterocycles. The summed E-state index contributed by atoms with van der Waals surface area (Å²) in [6.07, 6.45) is 5.71. The van der Waals surface area contributed by atoms with E-state index in [1.807, 2.05) is 6.07 Å². The summed E-state index contributed by atoms with van der Waals surface area (Å²) in [7, 11) is 0. The van der Waals surface area contributed by atoms with Crippen molar-refractivity contribution in [1.82, 2.24) is 9.88 Å². The monoisotopic (exact) mass is 254 g/mol. The summed E-state index contributed by atoms with van der Waals surface area (Å²) in [6, 6.07) is 10.5. The highest BCUT2D eigenvalue weighted by Crippen LogP contribution is 2.19. The van der Waals surface area contributed by atoms with E-state index in [2.05, 4.69) is 47.3 Å². The molecule has 0 saturated carbocycles. The number of nitrogens with one attached hydrogen (secondary N) is 1. The molecule has 0 aliphatic carbocycles. The first-order valence-electron chi connectivity index (χ1n) is 6.61. The van der Waals surface area contributed by atoms with Crippen molar-refractivity contribution in [3.63, 3.8) is 0 Å². The molecule has 0 aliphatic rings. The van der Waals surface area contributed by atoms with Gasteiger partial charge in [-0.05, 0) is 24.6 Å². The van der Waals surface area contributed by atoms with Gasteiger partial charge in [0, 0.05) is 42.3 Å². The van der Waals surface area contributed by atoms with Crippen LogP contribution >= 0.6 is 0 Å². The molecule has 0 atom stereocenters. The Balaban J connectivity index is 1.62. The van der Waals surface area contributed by atoms with Gasteiger partial charge in [-0.1, -0.05) is 18.2 Å². The Labute approximate surface area is 112 Å².